The van der Waals surface area contributed by atoms with E-state index in [0.29, 0.717) is 10.8 Å². The molecule has 0 aromatic rings. The fourth-order valence-corrected chi connectivity index (χ4v) is 12.5. The summed E-state index contributed by atoms with van der Waals surface area (Å²) < 4.78 is 0.842. The molecule has 0 radical (unpaired) electrons. The SMILES string of the molecule is CC(C)C(C)CC[C@@H](C)C1CCC2C3C[C@H](O)[C@@]4(I)C[C@@H](I)CC[C@]4(C)C3CC[C@@]21C. The summed E-state index contributed by atoms with van der Waals surface area (Å²) in [6, 6.07) is 0. The molecule has 11 atom stereocenters. The molecule has 0 saturated heterocycles. The Kier molecular flexibility index (Phi) is 7.52. The zero-order valence-electron chi connectivity index (χ0n) is 21.0. The van der Waals surface area contributed by atoms with Gasteiger partial charge >= 0.3 is 0 Å². The lowest BCUT2D eigenvalue weighted by Crippen LogP contribution is -2.65. The Hall–Kier alpha value is 1.42. The quantitative estimate of drug-likeness (QED) is 0.233. The average molecular weight is 654 g/mol. The van der Waals surface area contributed by atoms with Crippen molar-refractivity contribution in [3.63, 3.8) is 0 Å². The van der Waals surface area contributed by atoms with Crippen molar-refractivity contribution in [1.82, 2.24) is 0 Å². The maximum Gasteiger partial charge on any atom is 0.0694 e. The van der Waals surface area contributed by atoms with E-state index in [1.54, 1.807) is 0 Å². The smallest absolute Gasteiger partial charge is 0.0694 e. The van der Waals surface area contributed by atoms with Crippen LogP contribution in [0.1, 0.15) is 106 Å². The van der Waals surface area contributed by atoms with Crippen molar-refractivity contribution in [2.75, 3.05) is 0 Å². The van der Waals surface area contributed by atoms with Crippen molar-refractivity contribution in [3.05, 3.63) is 0 Å². The van der Waals surface area contributed by atoms with E-state index in [2.05, 4.69) is 86.7 Å². The van der Waals surface area contributed by atoms with Gasteiger partial charge in [-0.3, -0.25) is 0 Å². The van der Waals surface area contributed by atoms with Gasteiger partial charge in [-0.05, 0) is 104 Å². The molecule has 4 aliphatic rings. The van der Waals surface area contributed by atoms with Crippen molar-refractivity contribution in [1.29, 1.82) is 0 Å². The van der Waals surface area contributed by atoms with Gasteiger partial charge in [-0.25, -0.2) is 0 Å². The monoisotopic (exact) mass is 654 g/mol. The van der Waals surface area contributed by atoms with Crippen molar-refractivity contribution in [2.24, 2.45) is 52.3 Å². The van der Waals surface area contributed by atoms with E-state index in [0.717, 1.165) is 51.8 Å². The minimum atomic E-state index is -0.109. The maximum absolute atomic E-state index is 11.6. The number of aliphatic hydroxyl groups excluding tert-OH is 1. The number of hydrogen-bond acceptors (Lipinski definition) is 1. The second kappa shape index (κ2) is 9.13. The summed E-state index contributed by atoms with van der Waals surface area (Å²) in [6.07, 6.45) is 13.4. The molecule has 0 heterocycles. The first-order valence-corrected chi connectivity index (χ1v) is 15.8. The van der Waals surface area contributed by atoms with Crippen LogP contribution in [0.15, 0.2) is 0 Å². The number of alkyl halides is 2. The summed E-state index contributed by atoms with van der Waals surface area (Å²) in [7, 11) is 0. The van der Waals surface area contributed by atoms with Gasteiger partial charge in [0.2, 0.25) is 0 Å². The Bertz CT molecular complexity index is 651. The zero-order chi connectivity index (χ0) is 22.8. The molecule has 0 bridgehead atoms. The molecule has 4 saturated carbocycles. The molecule has 4 fully saturated rings. The molecule has 0 aromatic heterocycles. The van der Waals surface area contributed by atoms with Crippen molar-refractivity contribution < 1.29 is 5.11 Å². The Morgan fingerprint density at radius 1 is 0.935 bits per heavy atom. The summed E-state index contributed by atoms with van der Waals surface area (Å²) in [5, 5.41) is 11.6. The minimum Gasteiger partial charge on any atom is -0.392 e. The van der Waals surface area contributed by atoms with Gasteiger partial charge in [-0.1, -0.05) is 99.6 Å². The van der Waals surface area contributed by atoms with E-state index < -0.39 is 0 Å². The van der Waals surface area contributed by atoms with E-state index in [9.17, 15) is 5.11 Å². The summed E-state index contributed by atoms with van der Waals surface area (Å²) in [4.78, 5) is 0. The highest BCUT2D eigenvalue weighted by Crippen LogP contribution is 2.71. The molecule has 180 valence electrons. The van der Waals surface area contributed by atoms with Crippen LogP contribution in [0.3, 0.4) is 0 Å². The van der Waals surface area contributed by atoms with Crippen molar-refractivity contribution in [2.45, 2.75) is 119 Å². The molecule has 1 nitrogen and oxygen atoms in total. The van der Waals surface area contributed by atoms with Gasteiger partial charge in [-0.2, -0.15) is 0 Å². The molecule has 0 aromatic carbocycles. The molecule has 0 amide bonds. The number of hydrogen-bond donors (Lipinski definition) is 1. The first-order valence-electron chi connectivity index (χ1n) is 13.4. The van der Waals surface area contributed by atoms with Crippen LogP contribution in [0.2, 0.25) is 0 Å². The zero-order valence-corrected chi connectivity index (χ0v) is 25.3. The molecule has 5 unspecified atom stereocenters. The van der Waals surface area contributed by atoms with Gasteiger partial charge in [0.15, 0.2) is 0 Å². The van der Waals surface area contributed by atoms with Crippen LogP contribution in [0, 0.1) is 52.3 Å². The fraction of sp³-hybridized carbons (Fsp3) is 1.00. The van der Waals surface area contributed by atoms with Gasteiger partial charge in [-0.15, -0.1) is 0 Å². The van der Waals surface area contributed by atoms with Crippen LogP contribution in [0.4, 0.5) is 0 Å². The van der Waals surface area contributed by atoms with Crippen LogP contribution in [0.5, 0.6) is 0 Å². The summed E-state index contributed by atoms with van der Waals surface area (Å²) >= 11 is 5.40. The Labute approximate surface area is 220 Å². The van der Waals surface area contributed by atoms with Crippen molar-refractivity contribution in [3.8, 4) is 0 Å². The molecule has 0 spiro atoms. The first kappa shape index (κ1) is 25.5. The molecule has 31 heavy (non-hydrogen) atoms. The standard InChI is InChI=1S/C28H48I2O/c1-17(2)18(3)7-8-19(4)22-9-10-23-21-15-25(31)28(30)16-20(29)11-14-27(28,6)24(21)12-13-26(22,23)5/h17-25,31H,7-16H2,1-6H3/t18?,19-,20+,21?,22?,23?,24?,25+,26-,27-,28+/m1/s1. The maximum atomic E-state index is 11.6. The first-order chi connectivity index (χ1) is 14.4. The largest absolute Gasteiger partial charge is 0.392 e. The highest BCUT2D eigenvalue weighted by atomic mass is 127. The highest BCUT2D eigenvalue weighted by molar-refractivity contribution is 14.1. The summed E-state index contributed by atoms with van der Waals surface area (Å²) in [5.74, 6) is 5.87. The second-order valence-corrected chi connectivity index (χ2v) is 16.9. The lowest BCUT2D eigenvalue weighted by atomic mass is 9.44. The van der Waals surface area contributed by atoms with Crippen LogP contribution in [-0.2, 0) is 0 Å². The van der Waals surface area contributed by atoms with Gasteiger partial charge in [0.1, 0.15) is 0 Å². The Balaban J connectivity index is 1.52. The third-order valence-corrected chi connectivity index (χ3v) is 15.2. The molecular formula is C28H48I2O. The topological polar surface area (TPSA) is 20.2 Å². The number of aliphatic hydroxyl groups is 1. The third-order valence-electron chi connectivity index (χ3n) is 11.7. The molecule has 0 aliphatic heterocycles. The van der Waals surface area contributed by atoms with E-state index in [-0.39, 0.29) is 9.53 Å². The summed E-state index contributed by atoms with van der Waals surface area (Å²) in [5.41, 5.74) is 0.846. The van der Waals surface area contributed by atoms with Gasteiger partial charge < -0.3 is 5.11 Å². The van der Waals surface area contributed by atoms with E-state index in [1.807, 2.05) is 0 Å². The predicted molar refractivity (Wildman–Crippen MR) is 150 cm³/mol. The van der Waals surface area contributed by atoms with E-state index in [4.69, 9.17) is 0 Å². The molecule has 4 rings (SSSR count). The average Bonchev–Trinajstić information content (AvgIpc) is 3.05. The van der Waals surface area contributed by atoms with Crippen LogP contribution in [-0.4, -0.2) is 18.6 Å². The highest BCUT2D eigenvalue weighted by Gasteiger charge is 2.66. The second-order valence-electron chi connectivity index (χ2n) is 13.3. The third kappa shape index (κ3) is 4.10. The Morgan fingerprint density at radius 3 is 2.32 bits per heavy atom. The van der Waals surface area contributed by atoms with Gasteiger partial charge in [0, 0.05) is 3.92 Å². The number of rotatable bonds is 5. The molecule has 1 N–H and O–H groups in total. The van der Waals surface area contributed by atoms with E-state index in [1.165, 1.54) is 57.8 Å². The minimum absolute atomic E-state index is 0.0993. The Morgan fingerprint density at radius 2 is 1.65 bits per heavy atom. The number of halogens is 2. The molecular weight excluding hydrogens is 606 g/mol. The van der Waals surface area contributed by atoms with Crippen LogP contribution < -0.4 is 0 Å². The fourth-order valence-electron chi connectivity index (χ4n) is 9.22. The molecule has 4 aliphatic carbocycles. The van der Waals surface area contributed by atoms with Crippen LogP contribution in [0.25, 0.3) is 0 Å². The van der Waals surface area contributed by atoms with Gasteiger partial charge in [0.25, 0.3) is 0 Å². The van der Waals surface area contributed by atoms with Gasteiger partial charge in [0.05, 0.1) is 9.53 Å². The number of fused-ring (bicyclic) bond motifs is 5. The van der Waals surface area contributed by atoms with Crippen LogP contribution >= 0.6 is 45.2 Å². The lowest BCUT2D eigenvalue weighted by Gasteiger charge is -2.65. The summed E-state index contributed by atoms with van der Waals surface area (Å²) in [6.45, 7) is 15.1. The lowest BCUT2D eigenvalue weighted by molar-refractivity contribution is -0.137. The van der Waals surface area contributed by atoms with Crippen molar-refractivity contribution >= 4 is 45.2 Å². The molecule has 3 heteroatoms. The van der Waals surface area contributed by atoms with E-state index >= 15 is 0 Å². The normalized spacial score (nSPS) is 51.7. The predicted octanol–water partition coefficient (Wildman–Crippen LogP) is 8.69.